The highest BCUT2D eigenvalue weighted by atomic mass is 79.9. The summed E-state index contributed by atoms with van der Waals surface area (Å²) in [6.45, 7) is 3.70. The van der Waals surface area contributed by atoms with Gasteiger partial charge in [0.2, 0.25) is 5.95 Å². The average molecular weight is 586 g/mol. The van der Waals surface area contributed by atoms with Gasteiger partial charge in [0.25, 0.3) is 0 Å². The second-order valence-corrected chi connectivity index (χ2v) is 10.1. The molecule has 0 aliphatic carbocycles. The molecule has 1 fully saturated rings. The summed E-state index contributed by atoms with van der Waals surface area (Å²) < 4.78 is 8.38. The van der Waals surface area contributed by atoms with Crippen molar-refractivity contribution >= 4 is 55.7 Å². The third-order valence-electron chi connectivity index (χ3n) is 6.65. The molecule has 0 unspecified atom stereocenters. The van der Waals surface area contributed by atoms with Crippen molar-refractivity contribution in [3.05, 3.63) is 71.7 Å². The zero-order chi connectivity index (χ0) is 26.8. The van der Waals surface area contributed by atoms with Crippen molar-refractivity contribution < 1.29 is 4.74 Å². The second kappa shape index (κ2) is 10.9. The molecule has 0 spiro atoms. The first kappa shape index (κ1) is 25.1. The minimum atomic E-state index is 0.438. The van der Waals surface area contributed by atoms with Gasteiger partial charge in [-0.25, -0.2) is 4.98 Å². The maximum absolute atomic E-state index is 5.82. The molecule has 6 rings (SSSR count). The van der Waals surface area contributed by atoms with Crippen LogP contribution >= 0.6 is 15.9 Å². The molecule has 1 aliphatic rings. The summed E-state index contributed by atoms with van der Waals surface area (Å²) in [7, 11) is 3.60. The first-order valence-corrected chi connectivity index (χ1v) is 13.4. The van der Waals surface area contributed by atoms with Crippen molar-refractivity contribution in [2.75, 3.05) is 48.8 Å². The lowest BCUT2D eigenvalue weighted by atomic mass is 10.0. The van der Waals surface area contributed by atoms with Crippen LogP contribution in [0.3, 0.4) is 0 Å². The Labute approximate surface area is 234 Å². The Morgan fingerprint density at radius 2 is 1.90 bits per heavy atom. The lowest BCUT2D eigenvalue weighted by Crippen LogP contribution is -2.43. The van der Waals surface area contributed by atoms with Crippen molar-refractivity contribution in [1.29, 1.82) is 0 Å². The number of aromatic nitrogens is 5. The molecular formula is C28H28BrN9O. The third kappa shape index (κ3) is 5.36. The van der Waals surface area contributed by atoms with Gasteiger partial charge in [-0.2, -0.15) is 10.1 Å². The number of piperazine rings is 1. The van der Waals surface area contributed by atoms with E-state index < -0.39 is 0 Å². The number of rotatable bonds is 7. The van der Waals surface area contributed by atoms with Gasteiger partial charge in [0.15, 0.2) is 0 Å². The quantitative estimate of drug-likeness (QED) is 0.241. The Morgan fingerprint density at radius 3 is 2.69 bits per heavy atom. The molecule has 1 aliphatic heterocycles. The highest BCUT2D eigenvalue weighted by molar-refractivity contribution is 9.10. The Kier molecular flexibility index (Phi) is 6.99. The van der Waals surface area contributed by atoms with Gasteiger partial charge in [-0.3, -0.25) is 9.67 Å². The van der Waals surface area contributed by atoms with Crippen LogP contribution in [-0.4, -0.2) is 58.0 Å². The van der Waals surface area contributed by atoms with E-state index in [0.29, 0.717) is 17.5 Å². The second-order valence-electron chi connectivity index (χ2n) is 9.26. The molecule has 1 saturated heterocycles. The third-order valence-corrected chi connectivity index (χ3v) is 7.23. The molecule has 0 amide bonds. The van der Waals surface area contributed by atoms with Crippen LogP contribution in [0.2, 0.25) is 0 Å². The minimum Gasteiger partial charge on any atom is -0.494 e. The Hall–Kier alpha value is -4.22. The van der Waals surface area contributed by atoms with Gasteiger partial charge in [-0.05, 0) is 46.3 Å². The van der Waals surface area contributed by atoms with E-state index >= 15 is 0 Å². The monoisotopic (exact) mass is 585 g/mol. The molecule has 3 N–H and O–H groups in total. The highest BCUT2D eigenvalue weighted by Crippen LogP contribution is 2.40. The zero-order valence-electron chi connectivity index (χ0n) is 21.6. The van der Waals surface area contributed by atoms with Gasteiger partial charge in [0.05, 0.1) is 29.0 Å². The van der Waals surface area contributed by atoms with Crippen LogP contribution in [0.4, 0.5) is 28.8 Å². The number of fused-ring (bicyclic) bond motifs is 1. The molecule has 39 heavy (non-hydrogen) atoms. The van der Waals surface area contributed by atoms with Gasteiger partial charge in [0.1, 0.15) is 11.6 Å². The zero-order valence-corrected chi connectivity index (χ0v) is 23.2. The standard InChI is InChI=1S/C28H28BrN9O/c1-37-17-19(15-33-37)21-13-24(26(39-2)14-25(21)38-10-8-30-9-11-38)35-28-32-16-22(29)27(36-28)34-20-5-6-23-18(12-20)4-3-7-31-23/h3-7,12-17,30H,8-11H2,1-2H3,(H2,32,34,35,36). The lowest BCUT2D eigenvalue weighted by Gasteiger charge is -2.31. The fourth-order valence-electron chi connectivity index (χ4n) is 4.72. The average Bonchev–Trinajstić information content (AvgIpc) is 3.41. The summed E-state index contributed by atoms with van der Waals surface area (Å²) in [6, 6.07) is 14.1. The number of ether oxygens (including phenoxy) is 1. The molecule has 3 aromatic heterocycles. The molecule has 2 aromatic carbocycles. The Morgan fingerprint density at radius 1 is 1.03 bits per heavy atom. The Bertz CT molecular complexity index is 1630. The van der Waals surface area contributed by atoms with Crippen molar-refractivity contribution in [1.82, 2.24) is 30.0 Å². The number of methoxy groups -OCH3 is 1. The number of hydrogen-bond acceptors (Lipinski definition) is 9. The number of nitrogens with one attached hydrogen (secondary N) is 3. The van der Waals surface area contributed by atoms with Crippen molar-refractivity contribution in [3.63, 3.8) is 0 Å². The summed E-state index contributed by atoms with van der Waals surface area (Å²) in [4.78, 5) is 16.0. The van der Waals surface area contributed by atoms with Crippen molar-refractivity contribution in [2.45, 2.75) is 0 Å². The molecular weight excluding hydrogens is 558 g/mol. The number of nitrogens with zero attached hydrogens (tertiary/aromatic N) is 6. The van der Waals surface area contributed by atoms with Crippen LogP contribution in [0.15, 0.2) is 71.7 Å². The SMILES string of the molecule is COc1cc(N2CCNCC2)c(-c2cnn(C)c2)cc1Nc1ncc(Br)c(Nc2ccc3ncccc3c2)n1. The number of benzene rings is 2. The Balaban J connectivity index is 1.34. The van der Waals surface area contributed by atoms with E-state index in [2.05, 4.69) is 64.0 Å². The van der Waals surface area contributed by atoms with Gasteiger partial charge in [-0.1, -0.05) is 6.07 Å². The van der Waals surface area contributed by atoms with Crippen LogP contribution in [0, 0.1) is 0 Å². The number of halogens is 1. The fraction of sp³-hybridized carbons (Fsp3) is 0.214. The number of aryl methyl sites for hydroxylation is 1. The van der Waals surface area contributed by atoms with Crippen LogP contribution in [-0.2, 0) is 7.05 Å². The maximum Gasteiger partial charge on any atom is 0.229 e. The molecule has 0 radical (unpaired) electrons. The molecule has 4 heterocycles. The van der Waals surface area contributed by atoms with Crippen LogP contribution in [0.1, 0.15) is 0 Å². The molecule has 10 nitrogen and oxygen atoms in total. The normalized spacial score (nSPS) is 13.5. The molecule has 198 valence electrons. The predicted molar refractivity (Wildman–Crippen MR) is 158 cm³/mol. The van der Waals surface area contributed by atoms with Gasteiger partial charge in [-0.15, -0.1) is 0 Å². The number of hydrogen-bond donors (Lipinski definition) is 3. The van der Waals surface area contributed by atoms with Crippen molar-refractivity contribution in [2.24, 2.45) is 7.05 Å². The smallest absolute Gasteiger partial charge is 0.229 e. The molecule has 11 heteroatoms. The number of anilines is 5. The fourth-order valence-corrected chi connectivity index (χ4v) is 5.01. The lowest BCUT2D eigenvalue weighted by molar-refractivity contribution is 0.416. The molecule has 5 aromatic rings. The summed E-state index contributed by atoms with van der Waals surface area (Å²) in [6.07, 6.45) is 7.42. The van der Waals surface area contributed by atoms with Crippen molar-refractivity contribution in [3.8, 4) is 16.9 Å². The predicted octanol–water partition coefficient (Wildman–Crippen LogP) is 5.09. The maximum atomic E-state index is 5.82. The van der Waals surface area contributed by atoms with E-state index in [9.17, 15) is 0 Å². The first-order valence-electron chi connectivity index (χ1n) is 12.7. The van der Waals surface area contributed by atoms with Crippen LogP contribution in [0.25, 0.3) is 22.0 Å². The number of pyridine rings is 1. The summed E-state index contributed by atoms with van der Waals surface area (Å²) in [5, 5.41) is 15.6. The van der Waals surface area contributed by atoms with E-state index in [0.717, 1.165) is 69.7 Å². The van der Waals surface area contributed by atoms with E-state index in [1.165, 1.54) is 0 Å². The van der Waals surface area contributed by atoms with E-state index in [1.807, 2.05) is 54.5 Å². The van der Waals surface area contributed by atoms with Crippen LogP contribution < -0.4 is 25.6 Å². The van der Waals surface area contributed by atoms with Gasteiger partial charge >= 0.3 is 0 Å². The first-order chi connectivity index (χ1) is 19.1. The summed E-state index contributed by atoms with van der Waals surface area (Å²) >= 11 is 3.58. The largest absolute Gasteiger partial charge is 0.494 e. The summed E-state index contributed by atoms with van der Waals surface area (Å²) in [5.41, 5.74) is 5.80. The van der Waals surface area contributed by atoms with E-state index in [4.69, 9.17) is 9.72 Å². The molecule has 0 bridgehead atoms. The molecule has 0 saturated carbocycles. The van der Waals surface area contributed by atoms with Gasteiger partial charge < -0.3 is 25.6 Å². The van der Waals surface area contributed by atoms with E-state index in [-0.39, 0.29) is 0 Å². The van der Waals surface area contributed by atoms with Gasteiger partial charge in [0, 0.05) is 85.8 Å². The topological polar surface area (TPSA) is 105 Å². The van der Waals surface area contributed by atoms with Crippen LogP contribution in [0.5, 0.6) is 5.75 Å². The summed E-state index contributed by atoms with van der Waals surface area (Å²) in [5.74, 6) is 1.78. The molecule has 0 atom stereocenters. The highest BCUT2D eigenvalue weighted by Gasteiger charge is 2.20. The van der Waals surface area contributed by atoms with E-state index in [1.54, 1.807) is 19.5 Å². The minimum absolute atomic E-state index is 0.438.